The van der Waals surface area contributed by atoms with Crippen molar-refractivity contribution in [3.8, 4) is 0 Å². The van der Waals surface area contributed by atoms with Gasteiger partial charge in [-0.05, 0) is 0 Å². The lowest BCUT2D eigenvalue weighted by Gasteiger charge is -1.96. The number of carbonyl (C=O) groups is 1. The van der Waals surface area contributed by atoms with E-state index in [9.17, 15) is 4.79 Å². The molecular weight excluding hydrogens is 158 g/mol. The predicted octanol–water partition coefficient (Wildman–Crippen LogP) is -0.858. The summed E-state index contributed by atoms with van der Waals surface area (Å²) < 4.78 is 0. The van der Waals surface area contributed by atoms with Crippen molar-refractivity contribution < 1.29 is 4.79 Å². The van der Waals surface area contributed by atoms with Crippen LogP contribution in [0.1, 0.15) is 10.5 Å². The number of aromatic nitrogens is 2. The summed E-state index contributed by atoms with van der Waals surface area (Å²) in [6.07, 6.45) is 1.41. The monoisotopic (exact) mass is 165 g/mol. The number of nitrogens with two attached hydrogens (primary N) is 1. The highest BCUT2D eigenvalue weighted by Crippen LogP contribution is 2.14. The molecule has 2 heterocycles. The minimum absolute atomic E-state index is 0.254. The third-order valence-electron chi connectivity index (χ3n) is 1.52. The molecule has 0 saturated heterocycles. The highest BCUT2D eigenvalue weighted by molar-refractivity contribution is 6.02. The number of fused-ring (bicyclic) bond motifs is 1. The number of amidine groups is 1. The summed E-state index contributed by atoms with van der Waals surface area (Å²) in [5, 5.41) is 2.56. The molecule has 1 aliphatic rings. The average Bonchev–Trinajstić information content (AvgIpc) is 2.44. The highest BCUT2D eigenvalue weighted by atomic mass is 16.1. The van der Waals surface area contributed by atoms with Crippen LogP contribution in [0.4, 0.5) is 5.82 Å². The molecule has 0 fully saturated rings. The Hall–Kier alpha value is -1.85. The Labute approximate surface area is 67.9 Å². The number of hydrogen-bond acceptors (Lipinski definition) is 4. The number of imidazole rings is 1. The number of amides is 1. The van der Waals surface area contributed by atoms with E-state index in [0.717, 1.165) is 0 Å². The van der Waals surface area contributed by atoms with Gasteiger partial charge in [0.15, 0.2) is 11.5 Å². The lowest BCUT2D eigenvalue weighted by atomic mass is 10.4. The maximum atomic E-state index is 11.2. The van der Waals surface area contributed by atoms with Crippen molar-refractivity contribution in [2.24, 2.45) is 10.7 Å². The zero-order chi connectivity index (χ0) is 8.55. The lowest BCUT2D eigenvalue weighted by molar-refractivity contribution is 0.0956. The summed E-state index contributed by atoms with van der Waals surface area (Å²) in [7, 11) is 0. The molecule has 1 aliphatic heterocycles. The Balaban J connectivity index is 2.53. The Morgan fingerprint density at radius 1 is 1.58 bits per heavy atom. The zero-order valence-corrected chi connectivity index (χ0v) is 6.16. The summed E-state index contributed by atoms with van der Waals surface area (Å²) in [4.78, 5) is 21.7. The number of aliphatic imine (C=N–C) groups is 1. The van der Waals surface area contributed by atoms with Gasteiger partial charge in [0, 0.05) is 0 Å². The predicted molar refractivity (Wildman–Crippen MR) is 42.2 cm³/mol. The minimum Gasteiger partial charge on any atom is -0.386 e. The molecule has 12 heavy (non-hydrogen) atoms. The van der Waals surface area contributed by atoms with Crippen molar-refractivity contribution in [2.75, 3.05) is 6.54 Å². The second kappa shape index (κ2) is 2.33. The fraction of sp³-hybridized carbons (Fsp3) is 0.167. The topological polar surface area (TPSA) is 96.2 Å². The third-order valence-corrected chi connectivity index (χ3v) is 1.52. The number of nitrogens with zero attached hydrogens (tertiary/aromatic N) is 2. The van der Waals surface area contributed by atoms with E-state index in [0.29, 0.717) is 11.7 Å². The maximum absolute atomic E-state index is 11.2. The average molecular weight is 165 g/mol. The second-order valence-electron chi connectivity index (χ2n) is 2.39. The molecule has 6 nitrogen and oxygen atoms in total. The van der Waals surface area contributed by atoms with E-state index in [1.807, 2.05) is 0 Å². The Bertz CT molecular complexity index is 353. The van der Waals surface area contributed by atoms with Crippen molar-refractivity contribution in [1.82, 2.24) is 15.3 Å². The normalized spacial score (nSPS) is 16.0. The number of rotatable bonds is 0. The van der Waals surface area contributed by atoms with Crippen LogP contribution in [0.15, 0.2) is 11.3 Å². The van der Waals surface area contributed by atoms with Gasteiger partial charge in [0.1, 0.15) is 5.84 Å². The van der Waals surface area contributed by atoms with Crippen LogP contribution in [0.3, 0.4) is 0 Å². The summed E-state index contributed by atoms with van der Waals surface area (Å²) in [5.74, 6) is 0.532. The Morgan fingerprint density at radius 3 is 3.25 bits per heavy atom. The van der Waals surface area contributed by atoms with Crippen molar-refractivity contribution in [3.05, 3.63) is 12.0 Å². The molecule has 1 aromatic heterocycles. The summed E-state index contributed by atoms with van der Waals surface area (Å²) >= 11 is 0. The summed E-state index contributed by atoms with van der Waals surface area (Å²) in [6, 6.07) is 0. The van der Waals surface area contributed by atoms with Crippen LogP contribution in [0.2, 0.25) is 0 Å². The van der Waals surface area contributed by atoms with Gasteiger partial charge in [-0.15, -0.1) is 0 Å². The molecular formula is C6H7N5O. The van der Waals surface area contributed by atoms with Crippen LogP contribution >= 0.6 is 0 Å². The van der Waals surface area contributed by atoms with Crippen molar-refractivity contribution in [3.63, 3.8) is 0 Å². The van der Waals surface area contributed by atoms with Crippen LogP contribution in [-0.4, -0.2) is 28.3 Å². The first kappa shape index (κ1) is 6.84. The van der Waals surface area contributed by atoms with Gasteiger partial charge in [-0.3, -0.25) is 4.79 Å². The van der Waals surface area contributed by atoms with Crippen LogP contribution in [0, 0.1) is 0 Å². The van der Waals surface area contributed by atoms with E-state index in [1.54, 1.807) is 0 Å². The van der Waals surface area contributed by atoms with Gasteiger partial charge in [0.2, 0.25) is 0 Å². The number of aromatic amines is 1. The van der Waals surface area contributed by atoms with Gasteiger partial charge in [-0.1, -0.05) is 0 Å². The third kappa shape index (κ3) is 0.931. The van der Waals surface area contributed by atoms with Gasteiger partial charge in [-0.2, -0.15) is 0 Å². The molecule has 62 valence electrons. The van der Waals surface area contributed by atoms with E-state index in [-0.39, 0.29) is 18.1 Å². The Morgan fingerprint density at radius 2 is 2.42 bits per heavy atom. The molecule has 0 radical (unpaired) electrons. The van der Waals surface area contributed by atoms with Gasteiger partial charge < -0.3 is 16.0 Å². The molecule has 0 saturated carbocycles. The van der Waals surface area contributed by atoms with Crippen molar-refractivity contribution in [2.45, 2.75) is 0 Å². The first-order valence-corrected chi connectivity index (χ1v) is 3.42. The van der Waals surface area contributed by atoms with Gasteiger partial charge in [-0.25, -0.2) is 9.98 Å². The number of H-pyrrole nitrogens is 1. The largest absolute Gasteiger partial charge is 0.386 e. The van der Waals surface area contributed by atoms with Gasteiger partial charge in [0.25, 0.3) is 5.91 Å². The summed E-state index contributed by atoms with van der Waals surface area (Å²) in [5.41, 5.74) is 5.75. The molecule has 0 bridgehead atoms. The van der Waals surface area contributed by atoms with Crippen molar-refractivity contribution in [1.29, 1.82) is 0 Å². The van der Waals surface area contributed by atoms with E-state index in [1.165, 1.54) is 6.33 Å². The van der Waals surface area contributed by atoms with E-state index >= 15 is 0 Å². The molecule has 6 heteroatoms. The highest BCUT2D eigenvalue weighted by Gasteiger charge is 2.17. The summed E-state index contributed by atoms with van der Waals surface area (Å²) in [6.45, 7) is 0.267. The smallest absolute Gasteiger partial charge is 0.274 e. The van der Waals surface area contributed by atoms with Crippen LogP contribution in [0.25, 0.3) is 0 Å². The molecule has 0 spiro atoms. The number of hydrogen-bond donors (Lipinski definition) is 3. The van der Waals surface area contributed by atoms with Crippen molar-refractivity contribution >= 4 is 17.6 Å². The molecule has 1 aromatic rings. The van der Waals surface area contributed by atoms with Crippen LogP contribution in [-0.2, 0) is 0 Å². The fourth-order valence-electron chi connectivity index (χ4n) is 0.977. The molecule has 0 aromatic carbocycles. The molecule has 4 N–H and O–H groups in total. The molecule has 1 amide bonds. The molecule has 2 rings (SSSR count). The van der Waals surface area contributed by atoms with Gasteiger partial charge >= 0.3 is 0 Å². The van der Waals surface area contributed by atoms with E-state index in [2.05, 4.69) is 20.3 Å². The quantitative estimate of drug-likeness (QED) is 0.466. The first-order valence-electron chi connectivity index (χ1n) is 3.42. The first-order chi connectivity index (χ1) is 5.77. The van der Waals surface area contributed by atoms with E-state index in [4.69, 9.17) is 5.73 Å². The van der Waals surface area contributed by atoms with Crippen LogP contribution < -0.4 is 11.1 Å². The Kier molecular flexibility index (Phi) is 1.33. The second-order valence-corrected chi connectivity index (χ2v) is 2.39. The van der Waals surface area contributed by atoms with Gasteiger partial charge in [0.05, 0.1) is 12.9 Å². The SMILES string of the molecule is NC1=Nc2[nH]cnc2C(=O)NC1. The maximum Gasteiger partial charge on any atom is 0.274 e. The minimum atomic E-state index is -0.254. The number of nitrogens with one attached hydrogen (secondary N) is 2. The van der Waals surface area contributed by atoms with E-state index < -0.39 is 0 Å². The zero-order valence-electron chi connectivity index (χ0n) is 6.16. The molecule has 0 atom stereocenters. The standard InChI is InChI=1S/C6H7N5O/c7-3-1-8-6(12)4-5(11-3)10-2-9-4/h2H,1H2,(H2,7,11)(H,8,12)(H,9,10). The molecule has 0 unspecified atom stereocenters. The lowest BCUT2D eigenvalue weighted by Crippen LogP contribution is -2.31. The van der Waals surface area contributed by atoms with Crippen LogP contribution in [0.5, 0.6) is 0 Å². The molecule has 0 aliphatic carbocycles. The number of carbonyl (C=O) groups excluding carboxylic acids is 1. The fourth-order valence-corrected chi connectivity index (χ4v) is 0.977.